The summed E-state index contributed by atoms with van der Waals surface area (Å²) in [6, 6.07) is 11.3. The number of fused-ring (bicyclic) bond motifs is 1. The van der Waals surface area contributed by atoms with Crippen LogP contribution in [0.2, 0.25) is 5.02 Å². The highest BCUT2D eigenvalue weighted by molar-refractivity contribution is 7.17. The predicted octanol–water partition coefficient (Wildman–Crippen LogP) is 5.60. The molecule has 0 unspecified atom stereocenters. The highest BCUT2D eigenvalue weighted by atomic mass is 35.5. The molecule has 1 atom stereocenters. The van der Waals surface area contributed by atoms with Gasteiger partial charge in [0.05, 0.1) is 22.8 Å². The summed E-state index contributed by atoms with van der Waals surface area (Å²) >= 11 is 7.10. The van der Waals surface area contributed by atoms with Gasteiger partial charge in [-0.25, -0.2) is 18.4 Å². The molecule has 38 heavy (non-hydrogen) atoms. The van der Waals surface area contributed by atoms with Crippen LogP contribution < -0.4 is 5.32 Å². The van der Waals surface area contributed by atoms with Gasteiger partial charge in [-0.2, -0.15) is 0 Å². The van der Waals surface area contributed by atoms with Crippen LogP contribution in [-0.4, -0.2) is 42.0 Å². The third-order valence-corrected chi connectivity index (χ3v) is 7.43. The van der Waals surface area contributed by atoms with E-state index in [0.717, 1.165) is 23.5 Å². The number of ether oxygens (including phenoxy) is 2. The Bertz CT molecular complexity index is 1370. The van der Waals surface area contributed by atoms with Crippen molar-refractivity contribution in [2.45, 2.75) is 39.5 Å². The Morgan fingerprint density at radius 2 is 1.84 bits per heavy atom. The maximum atomic E-state index is 13.6. The minimum absolute atomic E-state index is 0.167. The van der Waals surface area contributed by atoms with Crippen LogP contribution in [0.25, 0.3) is 0 Å². The molecule has 3 aromatic rings. The monoisotopic (exact) mass is 562 g/mol. The molecule has 0 fully saturated rings. The Kier molecular flexibility index (Phi) is 8.76. The largest absolute Gasteiger partial charge is 0.462 e. The van der Waals surface area contributed by atoms with Gasteiger partial charge in [0.1, 0.15) is 5.00 Å². The van der Waals surface area contributed by atoms with Crippen molar-refractivity contribution in [2.75, 3.05) is 18.5 Å². The van der Waals surface area contributed by atoms with Gasteiger partial charge in [-0.3, -0.25) is 9.69 Å². The summed E-state index contributed by atoms with van der Waals surface area (Å²) in [5.74, 6) is -4.84. The normalized spacial score (nSPS) is 13.9. The average Bonchev–Trinajstić information content (AvgIpc) is 3.23. The third-order valence-electron chi connectivity index (χ3n) is 5.98. The van der Waals surface area contributed by atoms with E-state index in [4.69, 9.17) is 21.1 Å². The first-order valence-electron chi connectivity index (χ1n) is 11.9. The Morgan fingerprint density at radius 3 is 2.55 bits per heavy atom. The number of amides is 1. The molecule has 2 aromatic carbocycles. The summed E-state index contributed by atoms with van der Waals surface area (Å²) in [5, 5.41) is 2.63. The van der Waals surface area contributed by atoms with Crippen LogP contribution in [0, 0.1) is 11.6 Å². The Balaban J connectivity index is 1.51. The second-order valence-electron chi connectivity index (χ2n) is 8.66. The summed E-state index contributed by atoms with van der Waals surface area (Å²) in [7, 11) is 0. The van der Waals surface area contributed by atoms with Gasteiger partial charge in [-0.1, -0.05) is 41.9 Å². The number of hydrogen-bond donors (Lipinski definition) is 1. The molecular weight excluding hydrogens is 538 g/mol. The lowest BCUT2D eigenvalue weighted by atomic mass is 10.0. The van der Waals surface area contributed by atoms with Crippen LogP contribution in [0.4, 0.5) is 13.8 Å². The van der Waals surface area contributed by atoms with E-state index in [-0.39, 0.29) is 11.6 Å². The zero-order valence-corrected chi connectivity index (χ0v) is 22.3. The molecule has 4 rings (SSSR count). The highest BCUT2D eigenvalue weighted by Crippen LogP contribution is 2.38. The molecular formula is C27H25ClF2N2O5S. The molecule has 1 aromatic heterocycles. The summed E-state index contributed by atoms with van der Waals surface area (Å²) in [4.78, 5) is 41.4. The second-order valence-corrected chi connectivity index (χ2v) is 10.2. The van der Waals surface area contributed by atoms with Crippen molar-refractivity contribution in [2.24, 2.45) is 0 Å². The van der Waals surface area contributed by atoms with E-state index in [2.05, 4.69) is 22.3 Å². The van der Waals surface area contributed by atoms with E-state index in [1.807, 2.05) is 18.2 Å². The second kappa shape index (κ2) is 12.0. The van der Waals surface area contributed by atoms with Gasteiger partial charge < -0.3 is 14.8 Å². The lowest BCUT2D eigenvalue weighted by Gasteiger charge is -2.27. The first kappa shape index (κ1) is 27.7. The van der Waals surface area contributed by atoms with Crippen molar-refractivity contribution in [3.63, 3.8) is 0 Å². The molecule has 0 aliphatic carbocycles. The van der Waals surface area contributed by atoms with Gasteiger partial charge >= 0.3 is 11.9 Å². The van der Waals surface area contributed by atoms with Gasteiger partial charge in [0.25, 0.3) is 5.91 Å². The molecule has 2 heterocycles. The number of nitrogens with zero attached hydrogens (tertiary/aromatic N) is 1. The molecule has 11 heteroatoms. The Morgan fingerprint density at radius 1 is 1.13 bits per heavy atom. The lowest BCUT2D eigenvalue weighted by molar-refractivity contribution is -0.123. The molecule has 0 radical (unpaired) electrons. The number of hydrogen-bond acceptors (Lipinski definition) is 7. The molecule has 200 valence electrons. The number of rotatable bonds is 8. The van der Waals surface area contributed by atoms with Crippen molar-refractivity contribution in [3.8, 4) is 0 Å². The minimum atomic E-state index is -1.32. The maximum absolute atomic E-state index is 13.6. The van der Waals surface area contributed by atoms with Crippen LogP contribution in [0.5, 0.6) is 0 Å². The molecule has 0 saturated heterocycles. The van der Waals surface area contributed by atoms with Crippen molar-refractivity contribution in [3.05, 3.63) is 86.3 Å². The van der Waals surface area contributed by atoms with E-state index < -0.39 is 41.1 Å². The van der Waals surface area contributed by atoms with Crippen molar-refractivity contribution in [1.82, 2.24) is 4.90 Å². The van der Waals surface area contributed by atoms with Gasteiger partial charge in [0, 0.05) is 24.5 Å². The van der Waals surface area contributed by atoms with Gasteiger partial charge in [-0.15, -0.1) is 11.3 Å². The zero-order valence-electron chi connectivity index (χ0n) is 20.7. The molecule has 0 spiro atoms. The van der Waals surface area contributed by atoms with E-state index in [1.54, 1.807) is 6.92 Å². The first-order chi connectivity index (χ1) is 18.2. The van der Waals surface area contributed by atoms with Crippen LogP contribution in [0.3, 0.4) is 0 Å². The molecule has 0 bridgehead atoms. The van der Waals surface area contributed by atoms with Crippen molar-refractivity contribution < 1.29 is 32.6 Å². The fourth-order valence-electron chi connectivity index (χ4n) is 4.11. The predicted molar refractivity (Wildman–Crippen MR) is 139 cm³/mol. The van der Waals surface area contributed by atoms with E-state index >= 15 is 0 Å². The number of anilines is 1. The minimum Gasteiger partial charge on any atom is -0.462 e. The van der Waals surface area contributed by atoms with Crippen molar-refractivity contribution in [1.29, 1.82) is 0 Å². The number of carbonyl (C=O) groups is 3. The van der Waals surface area contributed by atoms with E-state index in [9.17, 15) is 23.2 Å². The molecule has 0 saturated carbocycles. The number of carbonyl (C=O) groups excluding carboxylic acids is 3. The smallest absolute Gasteiger partial charge is 0.341 e. The van der Waals surface area contributed by atoms with Crippen LogP contribution >= 0.6 is 22.9 Å². The summed E-state index contributed by atoms with van der Waals surface area (Å²) in [5.41, 5.74) is 1.87. The molecule has 1 aliphatic heterocycles. The number of nitrogens with one attached hydrogen (secondary N) is 1. The van der Waals surface area contributed by atoms with Gasteiger partial charge in [-0.05, 0) is 43.5 Å². The topological polar surface area (TPSA) is 84.9 Å². The fourth-order valence-corrected chi connectivity index (χ4v) is 5.62. The Hall–Kier alpha value is -3.34. The molecule has 1 amide bonds. The van der Waals surface area contributed by atoms with Crippen LogP contribution in [-0.2, 0) is 33.8 Å². The first-order valence-corrected chi connectivity index (χ1v) is 13.1. The number of benzene rings is 2. The molecule has 1 aliphatic rings. The van der Waals surface area contributed by atoms with Gasteiger partial charge in [0.15, 0.2) is 17.7 Å². The zero-order chi connectivity index (χ0) is 27.4. The van der Waals surface area contributed by atoms with Crippen LogP contribution in [0.1, 0.15) is 50.6 Å². The summed E-state index contributed by atoms with van der Waals surface area (Å²) < 4.78 is 37.3. The van der Waals surface area contributed by atoms with Gasteiger partial charge in [0.2, 0.25) is 0 Å². The third kappa shape index (κ3) is 6.20. The summed E-state index contributed by atoms with van der Waals surface area (Å²) in [6.45, 7) is 5.24. The summed E-state index contributed by atoms with van der Waals surface area (Å²) in [6.07, 6.45) is -0.725. The average molecular weight is 563 g/mol. The number of esters is 2. The molecule has 1 N–H and O–H groups in total. The number of thiophene rings is 1. The fraction of sp³-hybridized carbons (Fsp3) is 0.296. The standard InChI is InChI=1S/C27H25ClF2N2O5S/c1-3-36-27(35)23-17-9-10-32(13-16-7-5-4-6-8-16)14-22(17)38-25(23)31-24(33)15(2)37-26(34)18-11-20(29)21(30)12-19(18)28/h4-8,11-12,15H,3,9-10,13-14H2,1-2H3,(H,31,33)/t15-/m0/s1. The quantitative estimate of drug-likeness (QED) is 0.284. The Labute approximate surface area is 227 Å². The van der Waals surface area contributed by atoms with Crippen LogP contribution in [0.15, 0.2) is 42.5 Å². The highest BCUT2D eigenvalue weighted by Gasteiger charge is 2.31. The number of halogens is 3. The SMILES string of the molecule is CCOC(=O)c1c(NC(=O)[C@H](C)OC(=O)c2cc(F)c(F)cc2Cl)sc2c1CCN(Cc1ccccc1)C2. The van der Waals surface area contributed by atoms with E-state index in [1.165, 1.54) is 23.8 Å². The van der Waals surface area contributed by atoms with Crippen molar-refractivity contribution >= 4 is 45.8 Å². The lowest BCUT2D eigenvalue weighted by Crippen LogP contribution is -2.31. The van der Waals surface area contributed by atoms with E-state index in [0.29, 0.717) is 35.7 Å². The maximum Gasteiger partial charge on any atom is 0.341 e. The molecule has 7 nitrogen and oxygen atoms in total.